The topological polar surface area (TPSA) is 41.1 Å². The highest BCUT2D eigenvalue weighted by Gasteiger charge is 2.30. The molecule has 0 radical (unpaired) electrons. The summed E-state index contributed by atoms with van der Waals surface area (Å²) in [5, 5.41) is 6.25. The third-order valence-electron chi connectivity index (χ3n) is 3.71. The van der Waals surface area contributed by atoms with E-state index in [9.17, 15) is 4.79 Å². The van der Waals surface area contributed by atoms with Gasteiger partial charge in [-0.3, -0.25) is 4.79 Å². The number of rotatable bonds is 3. The van der Waals surface area contributed by atoms with E-state index in [1.165, 1.54) is 5.56 Å². The molecule has 1 unspecified atom stereocenters. The average Bonchev–Trinajstić information content (AvgIpc) is 2.75. The smallest absolute Gasteiger partial charge is 0.251 e. The first-order valence-electron chi connectivity index (χ1n) is 7.01. The molecule has 1 atom stereocenters. The van der Waals surface area contributed by atoms with Crippen molar-refractivity contribution in [2.24, 2.45) is 0 Å². The van der Waals surface area contributed by atoms with E-state index in [2.05, 4.69) is 52.5 Å². The molecule has 4 heteroatoms. The van der Waals surface area contributed by atoms with Crippen molar-refractivity contribution in [3.8, 4) is 0 Å². The summed E-state index contributed by atoms with van der Waals surface area (Å²) in [6.07, 6.45) is 0. The van der Waals surface area contributed by atoms with Crippen molar-refractivity contribution < 1.29 is 4.79 Å². The molecular weight excluding hydrogens is 328 g/mol. The van der Waals surface area contributed by atoms with Gasteiger partial charge in [-0.25, -0.2) is 0 Å². The molecule has 0 bridgehead atoms. The van der Waals surface area contributed by atoms with Gasteiger partial charge in [0.2, 0.25) is 0 Å². The summed E-state index contributed by atoms with van der Waals surface area (Å²) in [5.74, 6) is 0.448. The molecule has 3 nitrogen and oxygen atoms in total. The zero-order valence-corrected chi connectivity index (χ0v) is 13.6. The number of hydrogen-bond acceptors (Lipinski definition) is 2. The van der Waals surface area contributed by atoms with E-state index in [4.69, 9.17) is 0 Å². The summed E-state index contributed by atoms with van der Waals surface area (Å²) in [4.78, 5) is 12.2. The molecule has 2 aromatic rings. The average molecular weight is 345 g/mol. The minimum Gasteiger partial charge on any atom is -0.370 e. The van der Waals surface area contributed by atoms with Crippen molar-refractivity contribution in [1.29, 1.82) is 0 Å². The summed E-state index contributed by atoms with van der Waals surface area (Å²) < 4.78 is 0.973. The van der Waals surface area contributed by atoms with Gasteiger partial charge in [0, 0.05) is 21.4 Å². The summed E-state index contributed by atoms with van der Waals surface area (Å²) in [6.45, 7) is 4.32. The summed E-state index contributed by atoms with van der Waals surface area (Å²) in [7, 11) is 0. The normalized spacial score (nSPS) is 16.8. The van der Waals surface area contributed by atoms with Crippen molar-refractivity contribution in [2.45, 2.75) is 25.8 Å². The van der Waals surface area contributed by atoms with E-state index < -0.39 is 0 Å². The van der Waals surface area contributed by atoms with Crippen LogP contribution in [-0.4, -0.2) is 5.91 Å². The Bertz CT molecular complexity index is 697. The number of amides is 1. The fourth-order valence-corrected chi connectivity index (χ4v) is 2.91. The van der Waals surface area contributed by atoms with Crippen molar-refractivity contribution >= 4 is 33.2 Å². The van der Waals surface area contributed by atoms with Crippen molar-refractivity contribution in [2.75, 3.05) is 10.6 Å². The molecule has 3 rings (SSSR count). The molecule has 0 saturated carbocycles. The molecule has 108 valence electrons. The summed E-state index contributed by atoms with van der Waals surface area (Å²) in [5.41, 5.74) is 4.08. The molecular formula is C17H17BrN2O. The molecule has 0 fully saturated rings. The fraction of sp³-hybridized carbons (Fsp3) is 0.235. The van der Waals surface area contributed by atoms with Crippen molar-refractivity contribution in [3.05, 3.63) is 58.1 Å². The Hall–Kier alpha value is -1.81. The number of fused-ring (bicyclic) bond motifs is 1. The van der Waals surface area contributed by atoms with Gasteiger partial charge in [-0.05, 0) is 41.8 Å². The second kappa shape index (κ2) is 5.53. The number of hydrogen-bond donors (Lipinski definition) is 2. The van der Waals surface area contributed by atoms with Gasteiger partial charge in [-0.2, -0.15) is 0 Å². The Morgan fingerprint density at radius 2 is 2.00 bits per heavy atom. The van der Waals surface area contributed by atoms with Gasteiger partial charge in [0.05, 0.1) is 0 Å². The van der Waals surface area contributed by atoms with E-state index >= 15 is 0 Å². The van der Waals surface area contributed by atoms with Gasteiger partial charge >= 0.3 is 0 Å². The van der Waals surface area contributed by atoms with Crippen LogP contribution in [0.1, 0.15) is 36.9 Å². The monoisotopic (exact) mass is 344 g/mol. The second-order valence-electron chi connectivity index (χ2n) is 5.58. The van der Waals surface area contributed by atoms with Gasteiger partial charge in [-0.15, -0.1) is 0 Å². The second-order valence-corrected chi connectivity index (χ2v) is 6.49. The Labute approximate surface area is 132 Å². The number of anilines is 2. The third-order valence-corrected chi connectivity index (χ3v) is 4.20. The quantitative estimate of drug-likeness (QED) is 0.848. The SMILES string of the molecule is CC(C)c1cccc(NC2C(=O)Nc3ccc(Br)cc32)c1. The van der Waals surface area contributed by atoms with Crippen LogP contribution in [0.4, 0.5) is 11.4 Å². The lowest BCUT2D eigenvalue weighted by atomic mass is 10.0. The highest BCUT2D eigenvalue weighted by molar-refractivity contribution is 9.10. The van der Waals surface area contributed by atoms with Crippen LogP contribution in [0.2, 0.25) is 0 Å². The van der Waals surface area contributed by atoms with E-state index in [1.807, 2.05) is 30.3 Å². The molecule has 0 aliphatic carbocycles. The maximum absolute atomic E-state index is 12.2. The molecule has 2 aromatic carbocycles. The zero-order valence-electron chi connectivity index (χ0n) is 12.0. The molecule has 0 aromatic heterocycles. The predicted molar refractivity (Wildman–Crippen MR) is 89.7 cm³/mol. The molecule has 0 saturated heterocycles. The number of benzene rings is 2. The highest BCUT2D eigenvalue weighted by Crippen LogP contribution is 2.35. The van der Waals surface area contributed by atoms with Gasteiger partial charge < -0.3 is 10.6 Å². The van der Waals surface area contributed by atoms with Gasteiger partial charge in [0.25, 0.3) is 5.91 Å². The maximum Gasteiger partial charge on any atom is 0.251 e. The standard InChI is InChI=1S/C17H17BrN2O/c1-10(2)11-4-3-5-13(8-11)19-16-14-9-12(18)6-7-15(14)20-17(16)21/h3-10,16,19H,1-2H3,(H,20,21). The van der Waals surface area contributed by atoms with Crippen LogP contribution in [0.15, 0.2) is 46.9 Å². The van der Waals surface area contributed by atoms with E-state index in [0.29, 0.717) is 5.92 Å². The summed E-state index contributed by atoms with van der Waals surface area (Å²) >= 11 is 3.46. The molecule has 1 heterocycles. The first-order chi connectivity index (χ1) is 10.0. The van der Waals surface area contributed by atoms with Crippen LogP contribution in [0, 0.1) is 0 Å². The minimum atomic E-state index is -0.347. The Kier molecular flexibility index (Phi) is 3.72. The largest absolute Gasteiger partial charge is 0.370 e. The van der Waals surface area contributed by atoms with Crippen molar-refractivity contribution in [3.63, 3.8) is 0 Å². The Balaban J connectivity index is 1.90. The first-order valence-corrected chi connectivity index (χ1v) is 7.80. The lowest BCUT2D eigenvalue weighted by Gasteiger charge is -2.15. The summed E-state index contributed by atoms with van der Waals surface area (Å²) in [6, 6.07) is 13.7. The molecule has 1 aliphatic heterocycles. The zero-order chi connectivity index (χ0) is 15.0. The van der Waals surface area contributed by atoms with E-state index in [1.54, 1.807) is 0 Å². The van der Waals surface area contributed by atoms with Crippen LogP contribution in [0.3, 0.4) is 0 Å². The molecule has 2 N–H and O–H groups in total. The number of nitrogens with one attached hydrogen (secondary N) is 2. The number of halogens is 1. The van der Waals surface area contributed by atoms with Crippen LogP contribution in [0.25, 0.3) is 0 Å². The van der Waals surface area contributed by atoms with E-state index in [-0.39, 0.29) is 11.9 Å². The van der Waals surface area contributed by atoms with Gasteiger partial charge in [0.15, 0.2) is 0 Å². The Morgan fingerprint density at radius 1 is 1.19 bits per heavy atom. The number of carbonyl (C=O) groups excluding carboxylic acids is 1. The lowest BCUT2D eigenvalue weighted by molar-refractivity contribution is -0.116. The predicted octanol–water partition coefficient (Wildman–Crippen LogP) is 4.68. The molecule has 0 spiro atoms. The lowest BCUT2D eigenvalue weighted by Crippen LogP contribution is -2.19. The van der Waals surface area contributed by atoms with Gasteiger partial charge in [-0.1, -0.05) is 41.9 Å². The third kappa shape index (κ3) is 2.81. The minimum absolute atomic E-state index is 0.0157. The molecule has 21 heavy (non-hydrogen) atoms. The fourth-order valence-electron chi connectivity index (χ4n) is 2.53. The number of carbonyl (C=O) groups is 1. The highest BCUT2D eigenvalue weighted by atomic mass is 79.9. The van der Waals surface area contributed by atoms with Crippen LogP contribution in [-0.2, 0) is 4.79 Å². The maximum atomic E-state index is 12.2. The van der Waals surface area contributed by atoms with Crippen molar-refractivity contribution in [1.82, 2.24) is 0 Å². The van der Waals surface area contributed by atoms with Crippen LogP contribution < -0.4 is 10.6 Å². The van der Waals surface area contributed by atoms with Gasteiger partial charge in [0.1, 0.15) is 6.04 Å². The molecule has 1 aliphatic rings. The van der Waals surface area contributed by atoms with E-state index in [0.717, 1.165) is 21.4 Å². The molecule has 1 amide bonds. The van der Waals surface area contributed by atoms with Crippen LogP contribution >= 0.6 is 15.9 Å². The first kappa shape index (κ1) is 14.1. The van der Waals surface area contributed by atoms with Crippen LogP contribution in [0.5, 0.6) is 0 Å². The Morgan fingerprint density at radius 3 is 2.76 bits per heavy atom.